The van der Waals surface area contributed by atoms with Crippen LogP contribution >= 0.6 is 0 Å². The number of guanidine groups is 1. The van der Waals surface area contributed by atoms with E-state index >= 15 is 0 Å². The second kappa shape index (κ2) is 13.2. The molecule has 0 bridgehead atoms. The molecule has 7 nitrogen and oxygen atoms in total. The highest BCUT2D eigenvalue weighted by atomic mass is 16.5. The van der Waals surface area contributed by atoms with Crippen molar-refractivity contribution in [1.29, 1.82) is 0 Å². The first-order valence-corrected chi connectivity index (χ1v) is 10.1. The average molecular weight is 394 g/mol. The number of hydrogen-bond acceptors (Lipinski definition) is 5. The van der Waals surface area contributed by atoms with Crippen LogP contribution in [0.3, 0.4) is 0 Å². The monoisotopic (exact) mass is 393 g/mol. The van der Waals surface area contributed by atoms with Crippen molar-refractivity contribution in [2.75, 3.05) is 60.3 Å². The van der Waals surface area contributed by atoms with Crippen molar-refractivity contribution in [3.63, 3.8) is 0 Å². The average Bonchev–Trinajstić information content (AvgIpc) is 3.23. The first-order chi connectivity index (χ1) is 13.8. The number of ether oxygens (including phenoxy) is 4. The van der Waals surface area contributed by atoms with Crippen LogP contribution in [0.1, 0.15) is 25.3 Å². The van der Waals surface area contributed by atoms with E-state index in [2.05, 4.69) is 28.6 Å². The van der Waals surface area contributed by atoms with Crippen molar-refractivity contribution in [3.05, 3.63) is 23.8 Å². The third-order valence-electron chi connectivity index (χ3n) is 4.59. The Morgan fingerprint density at radius 3 is 2.79 bits per heavy atom. The van der Waals surface area contributed by atoms with Crippen LogP contribution < -0.4 is 20.1 Å². The molecule has 0 aromatic heterocycles. The molecule has 1 fully saturated rings. The van der Waals surface area contributed by atoms with Gasteiger partial charge in [0.15, 0.2) is 17.5 Å². The van der Waals surface area contributed by atoms with Crippen LogP contribution in [0.4, 0.5) is 0 Å². The zero-order chi connectivity index (χ0) is 20.0. The minimum absolute atomic E-state index is 0.569. The lowest BCUT2D eigenvalue weighted by molar-refractivity contribution is 0.0893. The van der Waals surface area contributed by atoms with Gasteiger partial charge in [0.2, 0.25) is 0 Å². The van der Waals surface area contributed by atoms with Gasteiger partial charge in [0.25, 0.3) is 0 Å². The van der Waals surface area contributed by atoms with Gasteiger partial charge in [-0.05, 0) is 43.9 Å². The molecule has 1 atom stereocenters. The van der Waals surface area contributed by atoms with E-state index in [1.165, 1.54) is 5.56 Å². The summed E-state index contributed by atoms with van der Waals surface area (Å²) < 4.78 is 21.7. The summed E-state index contributed by atoms with van der Waals surface area (Å²) >= 11 is 0. The van der Waals surface area contributed by atoms with Crippen LogP contribution in [0, 0.1) is 5.92 Å². The molecule has 0 saturated carbocycles. The quantitative estimate of drug-likeness (QED) is 0.322. The number of nitrogens with zero attached hydrogens (tertiary/aromatic N) is 1. The van der Waals surface area contributed by atoms with E-state index in [4.69, 9.17) is 18.9 Å². The van der Waals surface area contributed by atoms with Crippen LogP contribution in [-0.4, -0.2) is 66.2 Å². The molecule has 28 heavy (non-hydrogen) atoms. The van der Waals surface area contributed by atoms with E-state index in [0.717, 1.165) is 82.8 Å². The first kappa shape index (κ1) is 22.3. The second-order valence-electron chi connectivity index (χ2n) is 6.78. The second-order valence-corrected chi connectivity index (χ2v) is 6.78. The van der Waals surface area contributed by atoms with E-state index < -0.39 is 0 Å². The number of hydrogen-bond donors (Lipinski definition) is 2. The molecule has 0 amide bonds. The maximum atomic E-state index is 5.73. The van der Waals surface area contributed by atoms with E-state index in [1.54, 1.807) is 14.2 Å². The lowest BCUT2D eigenvalue weighted by Crippen LogP contribution is -2.38. The van der Waals surface area contributed by atoms with Crippen molar-refractivity contribution in [3.8, 4) is 11.5 Å². The summed E-state index contributed by atoms with van der Waals surface area (Å²) in [5.74, 6) is 2.91. The summed E-state index contributed by atoms with van der Waals surface area (Å²) in [4.78, 5) is 4.62. The third kappa shape index (κ3) is 7.94. The highest BCUT2D eigenvalue weighted by molar-refractivity contribution is 5.79. The molecule has 7 heteroatoms. The molecule has 1 aromatic carbocycles. The normalized spacial score (nSPS) is 16.8. The van der Waals surface area contributed by atoms with Crippen molar-refractivity contribution >= 4 is 5.96 Å². The van der Waals surface area contributed by atoms with Crippen molar-refractivity contribution < 1.29 is 18.9 Å². The molecule has 2 N–H and O–H groups in total. The van der Waals surface area contributed by atoms with Gasteiger partial charge in [-0.25, -0.2) is 0 Å². The van der Waals surface area contributed by atoms with Crippen LogP contribution in [-0.2, 0) is 15.9 Å². The molecule has 1 aliphatic heterocycles. The summed E-state index contributed by atoms with van der Waals surface area (Å²) in [7, 11) is 3.30. The summed E-state index contributed by atoms with van der Waals surface area (Å²) in [5.41, 5.74) is 1.19. The van der Waals surface area contributed by atoms with Gasteiger partial charge in [-0.2, -0.15) is 0 Å². The number of nitrogens with one attached hydrogen (secondary N) is 2. The summed E-state index contributed by atoms with van der Waals surface area (Å²) in [6, 6.07) is 6.00. The molecule has 1 aliphatic rings. The van der Waals surface area contributed by atoms with Crippen molar-refractivity contribution in [1.82, 2.24) is 10.6 Å². The van der Waals surface area contributed by atoms with Crippen LogP contribution in [0.25, 0.3) is 0 Å². The highest BCUT2D eigenvalue weighted by Crippen LogP contribution is 2.27. The zero-order valence-corrected chi connectivity index (χ0v) is 17.5. The fraction of sp³-hybridized carbons (Fsp3) is 0.667. The highest BCUT2D eigenvalue weighted by Gasteiger charge is 2.15. The Morgan fingerprint density at radius 1 is 1.21 bits per heavy atom. The Bertz CT molecular complexity index is 589. The van der Waals surface area contributed by atoms with Crippen molar-refractivity contribution in [2.45, 2.75) is 26.2 Å². The van der Waals surface area contributed by atoms with E-state index in [-0.39, 0.29) is 0 Å². The predicted molar refractivity (Wildman–Crippen MR) is 112 cm³/mol. The van der Waals surface area contributed by atoms with Crippen molar-refractivity contribution in [2.24, 2.45) is 10.9 Å². The Labute approximate surface area is 168 Å². The third-order valence-corrected chi connectivity index (χ3v) is 4.59. The molecule has 2 rings (SSSR count). The number of methoxy groups -OCH3 is 2. The largest absolute Gasteiger partial charge is 0.493 e. The number of rotatable bonds is 12. The fourth-order valence-corrected chi connectivity index (χ4v) is 3.03. The Balaban J connectivity index is 1.67. The first-order valence-electron chi connectivity index (χ1n) is 10.1. The Hall–Kier alpha value is -1.99. The van der Waals surface area contributed by atoms with Crippen LogP contribution in [0.15, 0.2) is 23.2 Å². The lowest BCUT2D eigenvalue weighted by Gasteiger charge is -2.13. The molecule has 158 valence electrons. The smallest absolute Gasteiger partial charge is 0.191 e. The van der Waals surface area contributed by atoms with E-state index in [9.17, 15) is 0 Å². The standard InChI is InChI=1S/C21H35N3O4/c1-4-22-21(23-10-5-12-27-15-18-9-13-28-16-18)24-11-8-17-6-7-19(25-2)20(14-17)26-3/h6-7,14,18H,4-5,8-13,15-16H2,1-3H3,(H2,22,23,24). The predicted octanol–water partition coefficient (Wildman–Crippen LogP) is 2.24. The Kier molecular flexibility index (Phi) is 10.5. The maximum Gasteiger partial charge on any atom is 0.191 e. The maximum absolute atomic E-state index is 5.73. The minimum atomic E-state index is 0.569. The SMILES string of the molecule is CCNC(=NCCCOCC1CCOC1)NCCc1ccc(OC)c(OC)c1. The fourth-order valence-electron chi connectivity index (χ4n) is 3.03. The molecule has 0 aliphatic carbocycles. The number of aliphatic imine (C=N–C) groups is 1. The van der Waals surface area contributed by atoms with Gasteiger partial charge < -0.3 is 29.6 Å². The van der Waals surface area contributed by atoms with Gasteiger partial charge in [-0.15, -0.1) is 0 Å². The van der Waals surface area contributed by atoms with Crippen LogP contribution in [0.5, 0.6) is 11.5 Å². The van der Waals surface area contributed by atoms with E-state index in [0.29, 0.717) is 5.92 Å². The number of benzene rings is 1. The molecule has 0 spiro atoms. The molecule has 1 unspecified atom stereocenters. The lowest BCUT2D eigenvalue weighted by atomic mass is 10.1. The van der Waals surface area contributed by atoms with Gasteiger partial charge >= 0.3 is 0 Å². The van der Waals surface area contributed by atoms with Gasteiger partial charge in [-0.3, -0.25) is 4.99 Å². The molecule has 1 saturated heterocycles. The molecule has 1 heterocycles. The van der Waals surface area contributed by atoms with Gasteiger partial charge in [-0.1, -0.05) is 6.07 Å². The molecular weight excluding hydrogens is 358 g/mol. The minimum Gasteiger partial charge on any atom is -0.493 e. The summed E-state index contributed by atoms with van der Waals surface area (Å²) in [6.07, 6.45) is 2.91. The zero-order valence-electron chi connectivity index (χ0n) is 17.5. The Morgan fingerprint density at radius 2 is 2.07 bits per heavy atom. The summed E-state index contributed by atoms with van der Waals surface area (Å²) in [5, 5.41) is 6.66. The van der Waals surface area contributed by atoms with Gasteiger partial charge in [0, 0.05) is 38.8 Å². The molecule has 1 aromatic rings. The van der Waals surface area contributed by atoms with E-state index in [1.807, 2.05) is 12.1 Å². The molecule has 0 radical (unpaired) electrons. The van der Waals surface area contributed by atoms with Gasteiger partial charge in [0.1, 0.15) is 0 Å². The summed E-state index contributed by atoms with van der Waals surface area (Å²) in [6.45, 7) is 7.69. The topological polar surface area (TPSA) is 73.3 Å². The molecular formula is C21H35N3O4. The van der Waals surface area contributed by atoms with Gasteiger partial charge in [0.05, 0.1) is 27.4 Å². The van der Waals surface area contributed by atoms with Crippen LogP contribution in [0.2, 0.25) is 0 Å².